The van der Waals surface area contributed by atoms with Gasteiger partial charge in [0.2, 0.25) is 5.82 Å². The number of anilines is 1. The van der Waals surface area contributed by atoms with Gasteiger partial charge in [0.15, 0.2) is 0 Å². The molecule has 0 spiro atoms. The van der Waals surface area contributed by atoms with Crippen LogP contribution in [0.5, 0.6) is 0 Å². The Hall–Kier alpha value is -4.00. The number of aromatic nitrogens is 2. The summed E-state index contributed by atoms with van der Waals surface area (Å²) in [7, 11) is 0. The van der Waals surface area contributed by atoms with Crippen molar-refractivity contribution in [1.82, 2.24) is 9.55 Å². The number of pyridine rings is 1. The number of nitrogens with one attached hydrogen (secondary N) is 1. The molecule has 29 heavy (non-hydrogen) atoms. The van der Waals surface area contributed by atoms with Gasteiger partial charge in [0.05, 0.1) is 11.1 Å². The summed E-state index contributed by atoms with van der Waals surface area (Å²) in [6, 6.07) is 19.4. The van der Waals surface area contributed by atoms with Crippen LogP contribution in [0.3, 0.4) is 0 Å². The van der Waals surface area contributed by atoms with E-state index in [1.54, 1.807) is 6.21 Å². The van der Waals surface area contributed by atoms with Gasteiger partial charge in [-0.2, -0.15) is 5.10 Å². The lowest BCUT2D eigenvalue weighted by Crippen LogP contribution is -1.99. The van der Waals surface area contributed by atoms with Crippen LogP contribution in [0.4, 0.5) is 11.5 Å². The fraction of sp³-hybridized carbons (Fsp3) is 0.0909. The predicted octanol–water partition coefficient (Wildman–Crippen LogP) is 4.75. The number of nitro groups is 1. The first-order valence-electron chi connectivity index (χ1n) is 9.14. The second kappa shape index (κ2) is 7.93. The zero-order chi connectivity index (χ0) is 20.2. The van der Waals surface area contributed by atoms with Gasteiger partial charge in [-0.05, 0) is 24.6 Å². The number of hydrogen-bond acceptors (Lipinski definition) is 5. The zero-order valence-corrected chi connectivity index (χ0v) is 15.8. The Morgan fingerprint density at radius 1 is 1.14 bits per heavy atom. The molecule has 0 bridgehead atoms. The third-order valence-electron chi connectivity index (χ3n) is 4.65. The summed E-state index contributed by atoms with van der Waals surface area (Å²) in [5.41, 5.74) is 7.01. The van der Waals surface area contributed by atoms with Crippen LogP contribution in [0.25, 0.3) is 10.9 Å². The molecule has 0 unspecified atom stereocenters. The summed E-state index contributed by atoms with van der Waals surface area (Å²) >= 11 is 0. The van der Waals surface area contributed by atoms with Crippen LogP contribution in [0.1, 0.15) is 16.7 Å². The van der Waals surface area contributed by atoms with Crippen LogP contribution in [0, 0.1) is 17.0 Å². The van der Waals surface area contributed by atoms with Crippen molar-refractivity contribution < 1.29 is 4.92 Å². The van der Waals surface area contributed by atoms with Gasteiger partial charge in [-0.1, -0.05) is 48.0 Å². The summed E-state index contributed by atoms with van der Waals surface area (Å²) in [5, 5.41) is 16.3. The van der Waals surface area contributed by atoms with Crippen molar-refractivity contribution in [2.45, 2.75) is 13.5 Å². The molecule has 2 aromatic carbocycles. The molecule has 0 radical (unpaired) electrons. The maximum Gasteiger partial charge on any atom is 0.313 e. The highest BCUT2D eigenvalue weighted by molar-refractivity contribution is 5.99. The molecule has 0 aliphatic heterocycles. The summed E-state index contributed by atoms with van der Waals surface area (Å²) in [6.07, 6.45) is 5.17. The number of fused-ring (bicyclic) bond motifs is 1. The molecule has 4 rings (SSSR count). The highest BCUT2D eigenvalue weighted by Crippen LogP contribution is 2.23. The first-order chi connectivity index (χ1) is 14.1. The van der Waals surface area contributed by atoms with Gasteiger partial charge in [0.1, 0.15) is 0 Å². The van der Waals surface area contributed by atoms with Gasteiger partial charge >= 0.3 is 5.69 Å². The summed E-state index contributed by atoms with van der Waals surface area (Å²) < 4.78 is 2.17. The van der Waals surface area contributed by atoms with Crippen LogP contribution in [0.15, 0.2) is 78.2 Å². The summed E-state index contributed by atoms with van der Waals surface area (Å²) in [5.74, 6) is 0.108. The number of hydrogen-bond donors (Lipinski definition) is 1. The second-order valence-electron chi connectivity index (χ2n) is 6.71. The van der Waals surface area contributed by atoms with E-state index in [0.717, 1.165) is 23.0 Å². The molecule has 4 aromatic rings. The van der Waals surface area contributed by atoms with Gasteiger partial charge < -0.3 is 4.57 Å². The quantitative estimate of drug-likeness (QED) is 0.295. The van der Waals surface area contributed by atoms with Gasteiger partial charge in [0, 0.05) is 41.5 Å². The molecule has 0 atom stereocenters. The van der Waals surface area contributed by atoms with Crippen LogP contribution < -0.4 is 5.43 Å². The Morgan fingerprint density at radius 3 is 2.72 bits per heavy atom. The van der Waals surface area contributed by atoms with Crippen LogP contribution in [-0.2, 0) is 6.54 Å². The fourth-order valence-corrected chi connectivity index (χ4v) is 3.19. The van der Waals surface area contributed by atoms with Crippen molar-refractivity contribution in [2.75, 3.05) is 5.43 Å². The normalized spacial score (nSPS) is 11.2. The van der Waals surface area contributed by atoms with Crippen molar-refractivity contribution in [3.8, 4) is 0 Å². The largest absolute Gasteiger partial charge is 0.342 e. The van der Waals surface area contributed by atoms with E-state index in [9.17, 15) is 10.1 Å². The Morgan fingerprint density at radius 2 is 1.93 bits per heavy atom. The van der Waals surface area contributed by atoms with Gasteiger partial charge in [0.25, 0.3) is 0 Å². The summed E-state index contributed by atoms with van der Waals surface area (Å²) in [4.78, 5) is 14.6. The minimum absolute atomic E-state index is 0.108. The van der Waals surface area contributed by atoms with E-state index in [0.29, 0.717) is 0 Å². The number of nitrogens with zero attached hydrogens (tertiary/aromatic N) is 4. The minimum atomic E-state index is -0.488. The molecule has 7 nitrogen and oxygen atoms in total. The Kier molecular flexibility index (Phi) is 5.03. The lowest BCUT2D eigenvalue weighted by atomic mass is 10.1. The van der Waals surface area contributed by atoms with Crippen molar-refractivity contribution in [3.05, 3.63) is 99.9 Å². The number of para-hydroxylation sites is 1. The molecule has 0 amide bonds. The zero-order valence-electron chi connectivity index (χ0n) is 15.8. The highest BCUT2D eigenvalue weighted by Gasteiger charge is 2.13. The SMILES string of the molecule is Cc1ccc(Cn2cc(/C=N\Nc3ncccc3[N+](=O)[O-])c3ccccc32)cc1. The molecular formula is C22H19N5O2. The molecule has 0 aliphatic carbocycles. The molecule has 2 heterocycles. The number of rotatable bonds is 6. The average molecular weight is 385 g/mol. The van der Waals surface area contributed by atoms with Crippen molar-refractivity contribution >= 4 is 28.6 Å². The Labute approximate surface area is 167 Å². The Bertz CT molecular complexity index is 1200. The molecule has 2 aromatic heterocycles. The molecule has 0 saturated carbocycles. The van der Waals surface area contributed by atoms with Crippen molar-refractivity contribution in [2.24, 2.45) is 5.10 Å². The van der Waals surface area contributed by atoms with E-state index >= 15 is 0 Å². The lowest BCUT2D eigenvalue weighted by Gasteiger charge is -2.06. The van der Waals surface area contributed by atoms with Crippen molar-refractivity contribution in [3.63, 3.8) is 0 Å². The van der Waals surface area contributed by atoms with E-state index in [4.69, 9.17) is 0 Å². The topological polar surface area (TPSA) is 85.3 Å². The molecule has 0 aliphatic rings. The van der Waals surface area contributed by atoms with E-state index in [-0.39, 0.29) is 11.5 Å². The Balaban J connectivity index is 1.62. The van der Waals surface area contributed by atoms with E-state index in [2.05, 4.69) is 57.3 Å². The van der Waals surface area contributed by atoms with Gasteiger partial charge in [-0.15, -0.1) is 0 Å². The minimum Gasteiger partial charge on any atom is -0.342 e. The van der Waals surface area contributed by atoms with Crippen molar-refractivity contribution in [1.29, 1.82) is 0 Å². The third kappa shape index (κ3) is 3.98. The molecule has 7 heteroatoms. The smallest absolute Gasteiger partial charge is 0.313 e. The molecular weight excluding hydrogens is 366 g/mol. The van der Waals surface area contributed by atoms with Crippen LogP contribution >= 0.6 is 0 Å². The van der Waals surface area contributed by atoms with Gasteiger partial charge in [-0.25, -0.2) is 4.98 Å². The predicted molar refractivity (Wildman–Crippen MR) is 114 cm³/mol. The first kappa shape index (κ1) is 18.4. The van der Waals surface area contributed by atoms with E-state index in [1.807, 2.05) is 24.4 Å². The first-order valence-corrected chi connectivity index (χ1v) is 9.14. The third-order valence-corrected chi connectivity index (χ3v) is 4.65. The lowest BCUT2D eigenvalue weighted by molar-refractivity contribution is -0.384. The number of hydrazone groups is 1. The molecule has 0 fully saturated rings. The fourth-order valence-electron chi connectivity index (χ4n) is 3.19. The molecule has 144 valence electrons. The standard InChI is InChI=1S/C22H19N5O2/c1-16-8-10-17(11-9-16)14-26-15-18(19-5-2-3-6-20(19)26)13-24-25-22-21(27(28)29)7-4-12-23-22/h2-13,15H,14H2,1H3,(H,23,25)/b24-13-. The average Bonchev–Trinajstić information content (AvgIpc) is 3.08. The van der Waals surface area contributed by atoms with Gasteiger partial charge in [-0.3, -0.25) is 15.5 Å². The number of aryl methyl sites for hydroxylation is 1. The maximum absolute atomic E-state index is 11.1. The van der Waals surface area contributed by atoms with E-state index < -0.39 is 4.92 Å². The summed E-state index contributed by atoms with van der Waals surface area (Å²) in [6.45, 7) is 2.82. The van der Waals surface area contributed by atoms with Crippen LogP contribution in [-0.4, -0.2) is 20.7 Å². The van der Waals surface area contributed by atoms with E-state index in [1.165, 1.54) is 29.5 Å². The maximum atomic E-state index is 11.1. The molecule has 1 N–H and O–H groups in total. The molecule has 0 saturated heterocycles. The monoisotopic (exact) mass is 385 g/mol. The second-order valence-corrected chi connectivity index (χ2v) is 6.71. The van der Waals surface area contributed by atoms with Crippen LogP contribution in [0.2, 0.25) is 0 Å². The highest BCUT2D eigenvalue weighted by atomic mass is 16.6. The number of benzene rings is 2.